The molecule has 1 aromatic heterocycles. The average Bonchev–Trinajstić information content (AvgIpc) is 3.21. The van der Waals surface area contributed by atoms with Gasteiger partial charge in [-0.1, -0.05) is 29.5 Å². The summed E-state index contributed by atoms with van der Waals surface area (Å²) in [5.74, 6) is -0.509. The van der Waals surface area contributed by atoms with Gasteiger partial charge in [0.15, 0.2) is 16.3 Å². The normalized spacial score (nSPS) is 14.9. The zero-order valence-electron chi connectivity index (χ0n) is 21.9. The van der Waals surface area contributed by atoms with E-state index in [4.69, 9.17) is 18.9 Å². The van der Waals surface area contributed by atoms with Crippen molar-refractivity contribution >= 4 is 29.4 Å². The SMILES string of the molecule is CCOC(=O)C1=C(C)N=c2s/c(=C\c3ccc(OCC(=O)[O-])cc3)c(=O)n2[C@H]1c1ccc(OC)c(OCC)c1. The van der Waals surface area contributed by atoms with Gasteiger partial charge in [0.1, 0.15) is 12.4 Å². The van der Waals surface area contributed by atoms with Crippen molar-refractivity contribution in [2.45, 2.75) is 26.8 Å². The monoisotopic (exact) mass is 551 g/mol. The topological polar surface area (TPSA) is 128 Å². The maximum atomic E-state index is 13.8. The molecular weight excluding hydrogens is 524 g/mol. The van der Waals surface area contributed by atoms with E-state index in [2.05, 4.69) is 4.99 Å². The van der Waals surface area contributed by atoms with Crippen LogP contribution in [0.1, 0.15) is 37.9 Å². The number of hydrogen-bond acceptors (Lipinski definition) is 10. The summed E-state index contributed by atoms with van der Waals surface area (Å²) in [7, 11) is 1.54. The Balaban J connectivity index is 1.85. The Morgan fingerprint density at radius 2 is 1.82 bits per heavy atom. The number of carbonyl (C=O) groups excluding carboxylic acids is 2. The molecule has 0 fully saturated rings. The zero-order valence-corrected chi connectivity index (χ0v) is 22.7. The van der Waals surface area contributed by atoms with Gasteiger partial charge in [-0.05, 0) is 62.2 Å². The van der Waals surface area contributed by atoms with Gasteiger partial charge in [-0.2, -0.15) is 0 Å². The van der Waals surface area contributed by atoms with Gasteiger partial charge in [-0.3, -0.25) is 9.36 Å². The number of allylic oxidation sites excluding steroid dienone is 1. The smallest absolute Gasteiger partial charge is 0.338 e. The lowest BCUT2D eigenvalue weighted by atomic mass is 9.95. The number of nitrogens with zero attached hydrogens (tertiary/aromatic N) is 2. The minimum Gasteiger partial charge on any atom is -0.546 e. The van der Waals surface area contributed by atoms with Gasteiger partial charge in [0.05, 0.1) is 48.1 Å². The standard InChI is InChI=1S/C28H28N2O8S/c1-5-36-21-14-18(9-12-20(21)35-4)25-24(27(34)37-6-2)16(3)29-28-30(25)26(33)22(39-28)13-17-7-10-19(11-8-17)38-15-23(31)32/h7-14,25H,5-6,15H2,1-4H3,(H,31,32)/p-1/b22-13-/t25-/m0/s1. The molecule has 39 heavy (non-hydrogen) atoms. The molecule has 10 nitrogen and oxygen atoms in total. The Morgan fingerprint density at radius 3 is 2.46 bits per heavy atom. The fourth-order valence-electron chi connectivity index (χ4n) is 4.19. The van der Waals surface area contributed by atoms with Gasteiger partial charge in [0.2, 0.25) is 0 Å². The lowest BCUT2D eigenvalue weighted by Gasteiger charge is -2.25. The van der Waals surface area contributed by atoms with E-state index < -0.39 is 24.6 Å². The van der Waals surface area contributed by atoms with E-state index in [1.807, 2.05) is 6.92 Å². The second kappa shape index (κ2) is 12.0. The minimum absolute atomic E-state index is 0.169. The first-order chi connectivity index (χ1) is 18.8. The summed E-state index contributed by atoms with van der Waals surface area (Å²) in [5.41, 5.74) is 1.72. The zero-order chi connectivity index (χ0) is 28.1. The Morgan fingerprint density at radius 1 is 1.08 bits per heavy atom. The van der Waals surface area contributed by atoms with Gasteiger partial charge in [0, 0.05) is 0 Å². The van der Waals surface area contributed by atoms with Crippen LogP contribution in [0.15, 0.2) is 63.5 Å². The number of carbonyl (C=O) groups is 2. The van der Waals surface area contributed by atoms with Crippen LogP contribution in [0.4, 0.5) is 0 Å². The van der Waals surface area contributed by atoms with Crippen LogP contribution in [0.5, 0.6) is 17.2 Å². The maximum Gasteiger partial charge on any atom is 0.338 e. The van der Waals surface area contributed by atoms with Crippen molar-refractivity contribution in [3.8, 4) is 17.2 Å². The van der Waals surface area contributed by atoms with Crippen molar-refractivity contribution in [3.05, 3.63) is 84.5 Å². The van der Waals surface area contributed by atoms with Crippen LogP contribution >= 0.6 is 11.3 Å². The molecule has 0 N–H and O–H groups in total. The Kier molecular flexibility index (Phi) is 8.50. The number of aromatic nitrogens is 1. The molecule has 2 aromatic carbocycles. The molecule has 3 aromatic rings. The van der Waals surface area contributed by atoms with Crippen LogP contribution < -0.4 is 34.2 Å². The molecule has 0 radical (unpaired) electrons. The molecular formula is C28H27N2O8S-. The van der Waals surface area contributed by atoms with E-state index in [9.17, 15) is 19.5 Å². The van der Waals surface area contributed by atoms with Gasteiger partial charge >= 0.3 is 5.97 Å². The molecule has 1 atom stereocenters. The van der Waals surface area contributed by atoms with E-state index in [0.29, 0.717) is 50.0 Å². The molecule has 0 aliphatic carbocycles. The third-order valence-electron chi connectivity index (χ3n) is 5.85. The molecule has 204 valence electrons. The van der Waals surface area contributed by atoms with Crippen LogP contribution in [0, 0.1) is 0 Å². The Bertz CT molecular complexity index is 1600. The molecule has 11 heteroatoms. The van der Waals surface area contributed by atoms with Crippen molar-refractivity contribution < 1.29 is 33.6 Å². The number of fused-ring (bicyclic) bond motifs is 1. The number of carboxylic acids is 1. The van der Waals surface area contributed by atoms with E-state index in [-0.39, 0.29) is 17.7 Å². The molecule has 0 saturated carbocycles. The molecule has 4 rings (SSSR count). The number of carboxylic acid groups (broad SMARTS) is 1. The lowest BCUT2D eigenvalue weighted by molar-refractivity contribution is -0.307. The van der Waals surface area contributed by atoms with Crippen molar-refractivity contribution in [2.24, 2.45) is 4.99 Å². The number of benzene rings is 2. The summed E-state index contributed by atoms with van der Waals surface area (Å²) in [6, 6.07) is 11.1. The first kappa shape index (κ1) is 27.6. The largest absolute Gasteiger partial charge is 0.546 e. The summed E-state index contributed by atoms with van der Waals surface area (Å²) < 4.78 is 23.5. The first-order valence-electron chi connectivity index (χ1n) is 12.2. The number of ether oxygens (including phenoxy) is 4. The minimum atomic E-state index is -1.32. The highest BCUT2D eigenvalue weighted by Gasteiger charge is 2.34. The molecule has 1 aliphatic heterocycles. The quantitative estimate of drug-likeness (QED) is 0.345. The van der Waals surface area contributed by atoms with Crippen molar-refractivity contribution in [1.82, 2.24) is 4.57 Å². The number of esters is 1. The van der Waals surface area contributed by atoms with Crippen molar-refractivity contribution in [2.75, 3.05) is 26.9 Å². The molecule has 2 heterocycles. The van der Waals surface area contributed by atoms with Crippen molar-refractivity contribution in [3.63, 3.8) is 0 Å². The first-order valence-corrected chi connectivity index (χ1v) is 13.0. The second-order valence-corrected chi connectivity index (χ2v) is 9.38. The third-order valence-corrected chi connectivity index (χ3v) is 6.84. The van der Waals surface area contributed by atoms with E-state index >= 15 is 0 Å². The van der Waals surface area contributed by atoms with Crippen LogP contribution in [0.2, 0.25) is 0 Å². The fraction of sp³-hybridized carbons (Fsp3) is 0.286. The predicted molar refractivity (Wildman–Crippen MR) is 142 cm³/mol. The number of thiazole rings is 1. The number of methoxy groups -OCH3 is 1. The summed E-state index contributed by atoms with van der Waals surface area (Å²) in [4.78, 5) is 42.5. The number of aliphatic carboxylic acids is 1. The number of rotatable bonds is 10. The highest BCUT2D eigenvalue weighted by Crippen LogP contribution is 2.36. The molecule has 0 bridgehead atoms. The van der Waals surface area contributed by atoms with Crippen LogP contribution in [-0.2, 0) is 14.3 Å². The molecule has 0 saturated heterocycles. The molecule has 0 unspecified atom stereocenters. The number of hydrogen-bond donors (Lipinski definition) is 0. The van der Waals surface area contributed by atoms with Gasteiger partial charge in [-0.25, -0.2) is 9.79 Å². The highest BCUT2D eigenvalue weighted by molar-refractivity contribution is 7.07. The lowest BCUT2D eigenvalue weighted by Crippen LogP contribution is -2.40. The average molecular weight is 552 g/mol. The van der Waals surface area contributed by atoms with E-state index in [1.165, 1.54) is 23.0 Å². The second-order valence-electron chi connectivity index (χ2n) is 8.38. The summed E-state index contributed by atoms with van der Waals surface area (Å²) in [6.07, 6.45) is 1.70. The Labute approximate surface area is 228 Å². The molecule has 0 amide bonds. The predicted octanol–water partition coefficient (Wildman–Crippen LogP) is 1.33. The van der Waals surface area contributed by atoms with E-state index in [1.54, 1.807) is 62.4 Å². The Hall–Kier alpha value is -4.38. The van der Waals surface area contributed by atoms with Crippen LogP contribution in [-0.4, -0.2) is 43.4 Å². The summed E-state index contributed by atoms with van der Waals surface area (Å²) >= 11 is 1.20. The van der Waals surface area contributed by atoms with Crippen LogP contribution in [0.3, 0.4) is 0 Å². The fourth-order valence-corrected chi connectivity index (χ4v) is 5.24. The van der Waals surface area contributed by atoms with Gasteiger partial charge < -0.3 is 28.8 Å². The third kappa shape index (κ3) is 5.88. The molecule has 1 aliphatic rings. The van der Waals surface area contributed by atoms with Gasteiger partial charge in [-0.15, -0.1) is 0 Å². The van der Waals surface area contributed by atoms with E-state index in [0.717, 1.165) is 0 Å². The molecule has 0 spiro atoms. The summed E-state index contributed by atoms with van der Waals surface area (Å²) in [5, 5.41) is 10.6. The van der Waals surface area contributed by atoms with Gasteiger partial charge in [0.25, 0.3) is 5.56 Å². The maximum absolute atomic E-state index is 13.8. The highest BCUT2D eigenvalue weighted by atomic mass is 32.1. The van der Waals surface area contributed by atoms with Crippen molar-refractivity contribution in [1.29, 1.82) is 0 Å². The van der Waals surface area contributed by atoms with Crippen LogP contribution in [0.25, 0.3) is 6.08 Å². The summed E-state index contributed by atoms with van der Waals surface area (Å²) in [6.45, 7) is 5.30.